The number of carbonyl (C=O) groups is 1. The van der Waals surface area contributed by atoms with Crippen LogP contribution in [0.25, 0.3) is 0 Å². The van der Waals surface area contributed by atoms with E-state index in [1.807, 2.05) is 30.3 Å². The highest BCUT2D eigenvalue weighted by Crippen LogP contribution is 2.03. The van der Waals surface area contributed by atoms with Crippen molar-refractivity contribution in [1.82, 2.24) is 10.6 Å². The Labute approximate surface area is 113 Å². The summed E-state index contributed by atoms with van der Waals surface area (Å²) in [5.41, 5.74) is 0.901. The Morgan fingerprint density at radius 3 is 2.50 bits per heavy atom. The van der Waals surface area contributed by atoms with Gasteiger partial charge in [-0.2, -0.15) is 0 Å². The quantitative estimate of drug-likeness (QED) is 0.710. The number of carbonyl (C=O) groups excluding carboxylic acids is 1. The van der Waals surface area contributed by atoms with Crippen LogP contribution in [0.15, 0.2) is 30.3 Å². The van der Waals surface area contributed by atoms with Gasteiger partial charge in [-0.1, -0.05) is 32.0 Å². The van der Waals surface area contributed by atoms with Crippen molar-refractivity contribution in [2.24, 2.45) is 5.92 Å². The molecule has 0 saturated carbocycles. The summed E-state index contributed by atoms with van der Waals surface area (Å²) in [7, 11) is 0. The summed E-state index contributed by atoms with van der Waals surface area (Å²) in [6, 6.07) is 9.58. The van der Waals surface area contributed by atoms with Crippen LogP contribution >= 0.6 is 12.2 Å². The Balaban J connectivity index is 2.23. The second-order valence-corrected chi connectivity index (χ2v) is 4.78. The number of thiocarbonyl (C=S) groups is 1. The SMILES string of the molecule is CC(C)CNC(=O)CNC(=S)Nc1ccccc1. The van der Waals surface area contributed by atoms with Gasteiger partial charge in [0, 0.05) is 12.2 Å². The zero-order chi connectivity index (χ0) is 13.4. The minimum atomic E-state index is -0.0547. The molecule has 1 aromatic rings. The molecule has 3 N–H and O–H groups in total. The Hall–Kier alpha value is -1.62. The van der Waals surface area contributed by atoms with Crippen molar-refractivity contribution in [3.05, 3.63) is 30.3 Å². The van der Waals surface area contributed by atoms with E-state index in [1.165, 1.54) is 0 Å². The second kappa shape index (κ2) is 7.66. The molecule has 0 atom stereocenters. The van der Waals surface area contributed by atoms with E-state index in [4.69, 9.17) is 12.2 Å². The maximum Gasteiger partial charge on any atom is 0.239 e. The van der Waals surface area contributed by atoms with Crippen LogP contribution < -0.4 is 16.0 Å². The number of nitrogens with one attached hydrogen (secondary N) is 3. The number of benzene rings is 1. The maximum atomic E-state index is 11.4. The molecule has 98 valence electrons. The monoisotopic (exact) mass is 265 g/mol. The lowest BCUT2D eigenvalue weighted by Gasteiger charge is -2.11. The first-order valence-corrected chi connectivity index (χ1v) is 6.35. The molecule has 0 unspecified atom stereocenters. The van der Waals surface area contributed by atoms with Crippen molar-refractivity contribution in [2.75, 3.05) is 18.4 Å². The van der Waals surface area contributed by atoms with Gasteiger partial charge in [0.05, 0.1) is 6.54 Å². The predicted octanol–water partition coefficient (Wildman–Crippen LogP) is 1.75. The second-order valence-electron chi connectivity index (χ2n) is 4.37. The van der Waals surface area contributed by atoms with E-state index in [9.17, 15) is 4.79 Å². The van der Waals surface area contributed by atoms with E-state index < -0.39 is 0 Å². The minimum absolute atomic E-state index is 0.0547. The van der Waals surface area contributed by atoms with E-state index in [2.05, 4.69) is 29.8 Å². The van der Waals surface area contributed by atoms with Crippen LogP contribution in [-0.4, -0.2) is 24.1 Å². The lowest BCUT2D eigenvalue weighted by molar-refractivity contribution is -0.120. The summed E-state index contributed by atoms with van der Waals surface area (Å²) in [6.07, 6.45) is 0. The molecule has 0 aliphatic rings. The van der Waals surface area contributed by atoms with Gasteiger partial charge in [-0.05, 0) is 30.3 Å². The van der Waals surface area contributed by atoms with Crippen LogP contribution in [0.1, 0.15) is 13.8 Å². The number of anilines is 1. The van der Waals surface area contributed by atoms with Crippen LogP contribution in [0.5, 0.6) is 0 Å². The molecular formula is C13H19N3OS. The van der Waals surface area contributed by atoms with Crippen LogP contribution in [0.3, 0.4) is 0 Å². The number of hydrogen-bond donors (Lipinski definition) is 3. The average molecular weight is 265 g/mol. The summed E-state index contributed by atoms with van der Waals surface area (Å²) in [6.45, 7) is 4.97. The molecule has 0 bridgehead atoms. The largest absolute Gasteiger partial charge is 0.354 e. The molecular weight excluding hydrogens is 246 g/mol. The fourth-order valence-corrected chi connectivity index (χ4v) is 1.43. The summed E-state index contributed by atoms with van der Waals surface area (Å²) >= 11 is 5.09. The Morgan fingerprint density at radius 2 is 1.89 bits per heavy atom. The molecule has 0 heterocycles. The maximum absolute atomic E-state index is 11.4. The third kappa shape index (κ3) is 6.20. The third-order valence-electron chi connectivity index (χ3n) is 2.15. The van der Waals surface area contributed by atoms with Crippen molar-refractivity contribution in [1.29, 1.82) is 0 Å². The lowest BCUT2D eigenvalue weighted by atomic mass is 10.2. The van der Waals surface area contributed by atoms with E-state index in [-0.39, 0.29) is 12.5 Å². The zero-order valence-electron chi connectivity index (χ0n) is 10.7. The standard InChI is InChI=1S/C13H19N3OS/c1-10(2)8-14-12(17)9-15-13(18)16-11-6-4-3-5-7-11/h3-7,10H,8-9H2,1-2H3,(H,14,17)(H2,15,16,18). The van der Waals surface area contributed by atoms with E-state index in [0.29, 0.717) is 17.6 Å². The molecule has 0 aliphatic heterocycles. The van der Waals surface area contributed by atoms with Crippen molar-refractivity contribution in [3.8, 4) is 0 Å². The van der Waals surface area contributed by atoms with Crippen molar-refractivity contribution >= 4 is 28.9 Å². The first-order chi connectivity index (χ1) is 8.58. The van der Waals surface area contributed by atoms with Gasteiger partial charge in [-0.15, -0.1) is 0 Å². The first-order valence-electron chi connectivity index (χ1n) is 5.94. The van der Waals surface area contributed by atoms with Gasteiger partial charge in [0.25, 0.3) is 0 Å². The lowest BCUT2D eigenvalue weighted by Crippen LogP contribution is -2.39. The highest BCUT2D eigenvalue weighted by molar-refractivity contribution is 7.80. The molecule has 18 heavy (non-hydrogen) atoms. The molecule has 1 amide bonds. The summed E-state index contributed by atoms with van der Waals surface area (Å²) < 4.78 is 0. The fourth-order valence-electron chi connectivity index (χ4n) is 1.24. The van der Waals surface area contributed by atoms with Crippen molar-refractivity contribution in [3.63, 3.8) is 0 Å². The van der Waals surface area contributed by atoms with Crippen LogP contribution in [0, 0.1) is 5.92 Å². The molecule has 0 aliphatic carbocycles. The van der Waals surface area contributed by atoms with E-state index >= 15 is 0 Å². The molecule has 5 heteroatoms. The summed E-state index contributed by atoms with van der Waals surface area (Å²) in [5, 5.41) is 9.12. The first kappa shape index (κ1) is 14.4. The number of para-hydroxylation sites is 1. The highest BCUT2D eigenvalue weighted by Gasteiger charge is 2.03. The normalized spacial score (nSPS) is 9.94. The molecule has 4 nitrogen and oxygen atoms in total. The van der Waals surface area contributed by atoms with Crippen molar-refractivity contribution in [2.45, 2.75) is 13.8 Å². The van der Waals surface area contributed by atoms with E-state index in [0.717, 1.165) is 5.69 Å². The van der Waals surface area contributed by atoms with Gasteiger partial charge < -0.3 is 16.0 Å². The van der Waals surface area contributed by atoms with Gasteiger partial charge in [0.2, 0.25) is 5.91 Å². The number of rotatable bonds is 5. The fraction of sp³-hybridized carbons (Fsp3) is 0.385. The molecule has 1 aromatic carbocycles. The van der Waals surface area contributed by atoms with Gasteiger partial charge in [-0.25, -0.2) is 0 Å². The van der Waals surface area contributed by atoms with Crippen molar-refractivity contribution < 1.29 is 4.79 Å². The summed E-state index contributed by atoms with van der Waals surface area (Å²) in [5.74, 6) is 0.393. The molecule has 0 saturated heterocycles. The predicted molar refractivity (Wildman–Crippen MR) is 78.5 cm³/mol. The average Bonchev–Trinajstić information content (AvgIpc) is 2.35. The van der Waals surface area contributed by atoms with E-state index in [1.54, 1.807) is 0 Å². The third-order valence-corrected chi connectivity index (χ3v) is 2.40. The summed E-state index contributed by atoms with van der Waals surface area (Å²) in [4.78, 5) is 11.4. The Bertz CT molecular complexity index is 392. The van der Waals surface area contributed by atoms with Gasteiger partial charge >= 0.3 is 0 Å². The van der Waals surface area contributed by atoms with Crippen LogP contribution in [0.2, 0.25) is 0 Å². The molecule has 0 aromatic heterocycles. The topological polar surface area (TPSA) is 53.2 Å². The minimum Gasteiger partial charge on any atom is -0.354 e. The molecule has 0 fully saturated rings. The van der Waals surface area contributed by atoms with Gasteiger partial charge in [-0.3, -0.25) is 4.79 Å². The zero-order valence-corrected chi connectivity index (χ0v) is 11.5. The van der Waals surface area contributed by atoms with Gasteiger partial charge in [0.1, 0.15) is 0 Å². The smallest absolute Gasteiger partial charge is 0.239 e. The van der Waals surface area contributed by atoms with Crippen LogP contribution in [-0.2, 0) is 4.79 Å². The Kier molecular flexibility index (Phi) is 6.14. The molecule has 0 spiro atoms. The molecule has 1 rings (SSSR count). The highest BCUT2D eigenvalue weighted by atomic mass is 32.1. The number of hydrogen-bond acceptors (Lipinski definition) is 2. The van der Waals surface area contributed by atoms with Gasteiger partial charge in [0.15, 0.2) is 5.11 Å². The Morgan fingerprint density at radius 1 is 1.22 bits per heavy atom. The van der Waals surface area contributed by atoms with Crippen LogP contribution in [0.4, 0.5) is 5.69 Å². The molecule has 0 radical (unpaired) electrons. The number of amides is 1.